The van der Waals surface area contributed by atoms with Gasteiger partial charge < -0.3 is 9.32 Å². The van der Waals surface area contributed by atoms with E-state index in [2.05, 4.69) is 12.2 Å². The summed E-state index contributed by atoms with van der Waals surface area (Å²) in [6.45, 7) is 4.37. The number of hydrogen-bond donors (Lipinski definition) is 1. The molecule has 0 fully saturated rings. The summed E-state index contributed by atoms with van der Waals surface area (Å²) in [4.78, 5) is 12.9. The van der Waals surface area contributed by atoms with E-state index >= 15 is 0 Å². The minimum Gasteiger partial charge on any atom is -0.464 e. The van der Waals surface area contributed by atoms with Crippen molar-refractivity contribution in [3.63, 3.8) is 0 Å². The highest BCUT2D eigenvalue weighted by Gasteiger charge is 2.11. The minimum atomic E-state index is 0.0594. The van der Waals surface area contributed by atoms with Crippen LogP contribution in [0.15, 0.2) is 16.5 Å². The Morgan fingerprint density at radius 3 is 2.69 bits per heavy atom. The zero-order valence-corrected chi connectivity index (χ0v) is 10.4. The average molecular weight is 224 g/mol. The summed E-state index contributed by atoms with van der Waals surface area (Å²) in [6.07, 6.45) is 0.892. The lowest BCUT2D eigenvalue weighted by molar-refractivity contribution is -0.127. The summed E-state index contributed by atoms with van der Waals surface area (Å²) >= 11 is 0. The number of amides is 1. The summed E-state index contributed by atoms with van der Waals surface area (Å²) in [5.41, 5.74) is 0. The van der Waals surface area contributed by atoms with Crippen LogP contribution in [0.3, 0.4) is 0 Å². The van der Waals surface area contributed by atoms with Gasteiger partial charge in [-0.25, -0.2) is 0 Å². The van der Waals surface area contributed by atoms with Crippen LogP contribution in [0.4, 0.5) is 0 Å². The lowest BCUT2D eigenvalue weighted by Gasteiger charge is -2.14. The monoisotopic (exact) mass is 224 g/mol. The number of nitrogens with zero attached hydrogens (tertiary/aromatic N) is 1. The van der Waals surface area contributed by atoms with Gasteiger partial charge in [0.2, 0.25) is 5.91 Å². The van der Waals surface area contributed by atoms with Crippen molar-refractivity contribution < 1.29 is 9.21 Å². The van der Waals surface area contributed by atoms with Crippen LogP contribution in [0.5, 0.6) is 0 Å². The topological polar surface area (TPSA) is 45.5 Å². The second kappa shape index (κ2) is 5.70. The van der Waals surface area contributed by atoms with Gasteiger partial charge in [-0.05, 0) is 19.1 Å². The number of nitrogens with one attached hydrogen (secondary N) is 1. The molecule has 4 heteroatoms. The van der Waals surface area contributed by atoms with E-state index in [1.54, 1.807) is 19.0 Å². The molecule has 4 nitrogen and oxygen atoms in total. The van der Waals surface area contributed by atoms with Gasteiger partial charge in [-0.3, -0.25) is 10.1 Å². The molecule has 90 valence electrons. The van der Waals surface area contributed by atoms with Crippen LogP contribution in [-0.4, -0.2) is 31.4 Å². The molecule has 1 heterocycles. The maximum absolute atomic E-state index is 11.4. The lowest BCUT2D eigenvalue weighted by atomic mass is 10.2. The fourth-order valence-electron chi connectivity index (χ4n) is 1.32. The number of hydrogen-bond acceptors (Lipinski definition) is 3. The number of furan rings is 1. The molecule has 1 rings (SSSR count). The van der Waals surface area contributed by atoms with Crippen molar-refractivity contribution in [2.75, 3.05) is 20.6 Å². The van der Waals surface area contributed by atoms with Gasteiger partial charge in [-0.15, -0.1) is 0 Å². The van der Waals surface area contributed by atoms with Crippen molar-refractivity contribution in [1.82, 2.24) is 10.2 Å². The average Bonchev–Trinajstić information content (AvgIpc) is 2.73. The SMILES string of the molecule is CCc1ccc(C(C)NCC(=O)N(C)C)o1. The third kappa shape index (κ3) is 3.38. The van der Waals surface area contributed by atoms with Gasteiger partial charge >= 0.3 is 0 Å². The summed E-state index contributed by atoms with van der Waals surface area (Å²) in [6, 6.07) is 3.99. The molecule has 0 bridgehead atoms. The van der Waals surface area contributed by atoms with Crippen LogP contribution in [0.2, 0.25) is 0 Å². The van der Waals surface area contributed by atoms with E-state index in [1.807, 2.05) is 19.1 Å². The van der Waals surface area contributed by atoms with E-state index in [0.717, 1.165) is 17.9 Å². The van der Waals surface area contributed by atoms with Crippen molar-refractivity contribution >= 4 is 5.91 Å². The predicted molar refractivity (Wildman–Crippen MR) is 63.2 cm³/mol. The summed E-state index contributed by atoms with van der Waals surface area (Å²) in [5, 5.41) is 3.13. The Hall–Kier alpha value is -1.29. The number of carbonyl (C=O) groups is 1. The summed E-state index contributed by atoms with van der Waals surface area (Å²) in [5.74, 6) is 1.92. The highest BCUT2D eigenvalue weighted by Crippen LogP contribution is 2.16. The van der Waals surface area contributed by atoms with Gasteiger partial charge in [0.25, 0.3) is 0 Å². The zero-order valence-electron chi connectivity index (χ0n) is 10.4. The van der Waals surface area contributed by atoms with Crippen LogP contribution in [0.1, 0.15) is 31.4 Å². The van der Waals surface area contributed by atoms with Crippen molar-refractivity contribution in [1.29, 1.82) is 0 Å². The van der Waals surface area contributed by atoms with Crippen molar-refractivity contribution in [2.45, 2.75) is 26.3 Å². The highest BCUT2D eigenvalue weighted by atomic mass is 16.3. The molecule has 1 N–H and O–H groups in total. The second-order valence-corrected chi connectivity index (χ2v) is 4.05. The van der Waals surface area contributed by atoms with Gasteiger partial charge in [0, 0.05) is 20.5 Å². The molecule has 1 aromatic heterocycles. The first-order chi connectivity index (χ1) is 7.54. The minimum absolute atomic E-state index is 0.0594. The molecule has 0 aromatic carbocycles. The first-order valence-corrected chi connectivity index (χ1v) is 5.56. The van der Waals surface area contributed by atoms with E-state index in [1.165, 1.54) is 0 Å². The van der Waals surface area contributed by atoms with Gasteiger partial charge in [-0.2, -0.15) is 0 Å². The Labute approximate surface area is 96.6 Å². The number of rotatable bonds is 5. The molecule has 0 saturated carbocycles. The third-order valence-electron chi connectivity index (χ3n) is 2.52. The maximum atomic E-state index is 11.4. The predicted octanol–water partition coefficient (Wildman–Crippen LogP) is 1.58. The van der Waals surface area contributed by atoms with E-state index in [9.17, 15) is 4.79 Å². The van der Waals surface area contributed by atoms with Crippen LogP contribution in [-0.2, 0) is 11.2 Å². The molecular formula is C12H20N2O2. The number of likely N-dealkylation sites (N-methyl/N-ethyl adjacent to an activating group) is 1. The molecule has 1 aromatic rings. The third-order valence-corrected chi connectivity index (χ3v) is 2.52. The van der Waals surface area contributed by atoms with Crippen LogP contribution in [0.25, 0.3) is 0 Å². The summed E-state index contributed by atoms with van der Waals surface area (Å²) in [7, 11) is 3.49. The van der Waals surface area contributed by atoms with E-state index in [0.29, 0.717) is 6.54 Å². The molecule has 0 aliphatic heterocycles. The Morgan fingerprint density at radius 1 is 1.50 bits per heavy atom. The fraction of sp³-hybridized carbons (Fsp3) is 0.583. The van der Waals surface area contributed by atoms with Crippen LogP contribution in [0, 0.1) is 0 Å². The molecule has 1 atom stereocenters. The highest BCUT2D eigenvalue weighted by molar-refractivity contribution is 5.77. The van der Waals surface area contributed by atoms with E-state index < -0.39 is 0 Å². The molecular weight excluding hydrogens is 204 g/mol. The van der Waals surface area contributed by atoms with Gasteiger partial charge in [0.1, 0.15) is 11.5 Å². The molecule has 0 radical (unpaired) electrons. The molecule has 1 unspecified atom stereocenters. The first-order valence-electron chi connectivity index (χ1n) is 5.56. The quantitative estimate of drug-likeness (QED) is 0.826. The summed E-state index contributed by atoms with van der Waals surface area (Å²) < 4.78 is 5.60. The smallest absolute Gasteiger partial charge is 0.236 e. The Kier molecular flexibility index (Phi) is 4.55. The van der Waals surface area contributed by atoms with Crippen LogP contribution < -0.4 is 5.32 Å². The van der Waals surface area contributed by atoms with Gasteiger partial charge in [0.05, 0.1) is 12.6 Å². The molecule has 1 amide bonds. The normalized spacial score (nSPS) is 12.5. The van der Waals surface area contributed by atoms with Crippen molar-refractivity contribution in [2.24, 2.45) is 0 Å². The number of carbonyl (C=O) groups excluding carboxylic acids is 1. The van der Waals surface area contributed by atoms with E-state index in [-0.39, 0.29) is 11.9 Å². The molecule has 16 heavy (non-hydrogen) atoms. The molecule has 0 saturated heterocycles. The molecule has 0 spiro atoms. The van der Waals surface area contributed by atoms with Crippen molar-refractivity contribution in [3.8, 4) is 0 Å². The zero-order chi connectivity index (χ0) is 12.1. The van der Waals surface area contributed by atoms with Gasteiger partial charge in [-0.1, -0.05) is 6.92 Å². The Morgan fingerprint density at radius 2 is 2.19 bits per heavy atom. The second-order valence-electron chi connectivity index (χ2n) is 4.05. The standard InChI is InChI=1S/C12H20N2O2/c1-5-10-6-7-11(16-10)9(2)13-8-12(15)14(3)4/h6-7,9,13H,5,8H2,1-4H3. The van der Waals surface area contributed by atoms with Crippen molar-refractivity contribution in [3.05, 3.63) is 23.7 Å². The molecule has 0 aliphatic rings. The Bertz CT molecular complexity index is 345. The Balaban J connectivity index is 2.46. The molecule has 0 aliphatic carbocycles. The van der Waals surface area contributed by atoms with Gasteiger partial charge in [0.15, 0.2) is 0 Å². The largest absolute Gasteiger partial charge is 0.464 e. The lowest BCUT2D eigenvalue weighted by Crippen LogP contribution is -2.34. The number of aryl methyl sites for hydroxylation is 1. The maximum Gasteiger partial charge on any atom is 0.236 e. The van der Waals surface area contributed by atoms with E-state index in [4.69, 9.17) is 4.42 Å². The van der Waals surface area contributed by atoms with Crippen LogP contribution >= 0.6 is 0 Å². The first kappa shape index (κ1) is 12.8. The fourth-order valence-corrected chi connectivity index (χ4v) is 1.32.